The lowest BCUT2D eigenvalue weighted by Gasteiger charge is -2.34. The molecule has 0 amide bonds. The molecule has 1 aromatic heterocycles. The Morgan fingerprint density at radius 1 is 1.30 bits per heavy atom. The van der Waals surface area contributed by atoms with Gasteiger partial charge in [0.05, 0.1) is 5.52 Å². The topological polar surface area (TPSA) is 24.9 Å². The fraction of sp³-hybridized carbons (Fsp3) is 0.500. The first-order chi connectivity index (χ1) is 9.62. The molecule has 0 bridgehead atoms. The monoisotopic (exact) mass is 268 g/mol. The summed E-state index contributed by atoms with van der Waals surface area (Å²) in [5.41, 5.74) is 2.82. The summed E-state index contributed by atoms with van der Waals surface area (Å²) >= 11 is 0. The largest absolute Gasteiger partial charge is 0.313 e. The van der Waals surface area contributed by atoms with E-state index in [4.69, 9.17) is 0 Å². The second-order valence-electron chi connectivity index (χ2n) is 6.72. The van der Waals surface area contributed by atoms with Crippen molar-refractivity contribution in [2.24, 2.45) is 11.3 Å². The molecule has 1 aliphatic carbocycles. The van der Waals surface area contributed by atoms with Crippen LogP contribution in [0.5, 0.6) is 0 Å². The smallest absolute Gasteiger partial charge is 0.0702 e. The average Bonchev–Trinajstić information content (AvgIpc) is 2.79. The standard InChI is InChI=1S/C18H24N2/c1-18(2)10-6-8-15(18)17(19-3)14-11-13-7-4-5-9-16(13)20-12-14/h4-5,7,9,11-12,15,17,19H,6,8,10H2,1-3H3. The normalized spacial score (nSPS) is 23.1. The fourth-order valence-corrected chi connectivity index (χ4v) is 3.83. The van der Waals surface area contributed by atoms with Crippen LogP contribution >= 0.6 is 0 Å². The summed E-state index contributed by atoms with van der Waals surface area (Å²) in [5.74, 6) is 0.690. The molecule has 2 heteroatoms. The van der Waals surface area contributed by atoms with Crippen LogP contribution in [-0.2, 0) is 0 Å². The molecule has 1 aliphatic rings. The lowest BCUT2D eigenvalue weighted by atomic mass is 9.75. The maximum atomic E-state index is 4.63. The van der Waals surface area contributed by atoms with Gasteiger partial charge in [0, 0.05) is 17.6 Å². The molecule has 2 aromatic rings. The van der Waals surface area contributed by atoms with Crippen LogP contribution in [-0.4, -0.2) is 12.0 Å². The van der Waals surface area contributed by atoms with Gasteiger partial charge in [0.2, 0.25) is 0 Å². The van der Waals surface area contributed by atoms with E-state index in [1.807, 2.05) is 6.07 Å². The lowest BCUT2D eigenvalue weighted by molar-refractivity contribution is 0.203. The number of fused-ring (bicyclic) bond motifs is 1. The van der Waals surface area contributed by atoms with E-state index in [1.54, 1.807) is 0 Å². The minimum atomic E-state index is 0.407. The maximum absolute atomic E-state index is 4.63. The third-order valence-corrected chi connectivity index (χ3v) is 5.02. The van der Waals surface area contributed by atoms with Crippen molar-refractivity contribution in [3.63, 3.8) is 0 Å². The second-order valence-corrected chi connectivity index (χ2v) is 6.72. The SMILES string of the molecule is CNC(c1cnc2ccccc2c1)C1CCCC1(C)C. The highest BCUT2D eigenvalue weighted by molar-refractivity contribution is 5.78. The van der Waals surface area contributed by atoms with Crippen LogP contribution in [0.3, 0.4) is 0 Å². The minimum absolute atomic E-state index is 0.407. The molecule has 2 unspecified atom stereocenters. The summed E-state index contributed by atoms with van der Waals surface area (Å²) < 4.78 is 0. The second kappa shape index (κ2) is 5.17. The molecule has 0 radical (unpaired) electrons. The van der Waals surface area contributed by atoms with Crippen LogP contribution in [0, 0.1) is 11.3 Å². The number of aromatic nitrogens is 1. The zero-order chi connectivity index (χ0) is 14.2. The summed E-state index contributed by atoms with van der Waals surface area (Å²) in [6, 6.07) is 11.1. The number of rotatable bonds is 3. The van der Waals surface area contributed by atoms with Gasteiger partial charge in [-0.15, -0.1) is 0 Å². The average molecular weight is 268 g/mol. The van der Waals surface area contributed by atoms with Crippen LogP contribution in [0.1, 0.15) is 44.7 Å². The molecule has 1 fully saturated rings. The highest BCUT2D eigenvalue weighted by atomic mass is 14.9. The predicted octanol–water partition coefficient (Wildman–Crippen LogP) is 4.32. The molecule has 0 aliphatic heterocycles. The van der Waals surface area contributed by atoms with Crippen molar-refractivity contribution >= 4 is 10.9 Å². The molecule has 2 atom stereocenters. The van der Waals surface area contributed by atoms with Crippen LogP contribution in [0.25, 0.3) is 10.9 Å². The predicted molar refractivity (Wildman–Crippen MR) is 84.7 cm³/mol. The third-order valence-electron chi connectivity index (χ3n) is 5.02. The molecule has 0 saturated heterocycles. The minimum Gasteiger partial charge on any atom is -0.313 e. The molecule has 1 heterocycles. The zero-order valence-corrected chi connectivity index (χ0v) is 12.7. The van der Waals surface area contributed by atoms with Gasteiger partial charge in [-0.25, -0.2) is 0 Å². The summed E-state index contributed by atoms with van der Waals surface area (Å²) in [7, 11) is 2.08. The van der Waals surface area contributed by atoms with E-state index in [-0.39, 0.29) is 0 Å². The molecular formula is C18H24N2. The number of pyridine rings is 1. The Hall–Kier alpha value is -1.41. The Bertz CT molecular complexity index is 603. The Kier molecular flexibility index (Phi) is 3.51. The van der Waals surface area contributed by atoms with Gasteiger partial charge >= 0.3 is 0 Å². The molecule has 1 N–H and O–H groups in total. The van der Waals surface area contributed by atoms with Gasteiger partial charge in [0.1, 0.15) is 0 Å². The first kappa shape index (κ1) is 13.6. The molecule has 3 rings (SSSR count). The third kappa shape index (κ3) is 2.33. The van der Waals surface area contributed by atoms with Crippen LogP contribution in [0.2, 0.25) is 0 Å². The van der Waals surface area contributed by atoms with E-state index in [9.17, 15) is 0 Å². The van der Waals surface area contributed by atoms with Gasteiger partial charge < -0.3 is 5.32 Å². The number of nitrogens with one attached hydrogen (secondary N) is 1. The number of nitrogens with zero attached hydrogens (tertiary/aromatic N) is 1. The molecule has 2 nitrogen and oxygen atoms in total. The van der Waals surface area contributed by atoms with E-state index in [0.717, 1.165) is 5.52 Å². The van der Waals surface area contributed by atoms with Crippen LogP contribution < -0.4 is 5.32 Å². The van der Waals surface area contributed by atoms with Gasteiger partial charge in [0.15, 0.2) is 0 Å². The van der Waals surface area contributed by atoms with Gasteiger partial charge in [-0.05, 0) is 48.9 Å². The summed E-state index contributed by atoms with van der Waals surface area (Å²) in [6.45, 7) is 4.81. The van der Waals surface area contributed by atoms with E-state index < -0.39 is 0 Å². The number of benzene rings is 1. The Morgan fingerprint density at radius 2 is 2.10 bits per heavy atom. The lowest BCUT2D eigenvalue weighted by Crippen LogP contribution is -2.32. The van der Waals surface area contributed by atoms with Crippen molar-refractivity contribution in [2.75, 3.05) is 7.05 Å². The maximum Gasteiger partial charge on any atom is 0.0702 e. The fourth-order valence-electron chi connectivity index (χ4n) is 3.83. The van der Waals surface area contributed by atoms with Gasteiger partial charge in [-0.2, -0.15) is 0 Å². The Labute approximate surface area is 121 Å². The quantitative estimate of drug-likeness (QED) is 0.896. The molecular weight excluding hydrogens is 244 g/mol. The molecule has 1 aromatic carbocycles. The first-order valence-corrected chi connectivity index (χ1v) is 7.64. The van der Waals surface area contributed by atoms with Crippen molar-refractivity contribution in [3.8, 4) is 0 Å². The summed E-state index contributed by atoms with van der Waals surface area (Å²) in [5, 5.41) is 4.78. The molecule has 1 saturated carbocycles. The van der Waals surface area contributed by atoms with Gasteiger partial charge in [0.25, 0.3) is 0 Å². The molecule has 20 heavy (non-hydrogen) atoms. The van der Waals surface area contributed by atoms with Gasteiger partial charge in [-0.1, -0.05) is 38.5 Å². The van der Waals surface area contributed by atoms with Crippen molar-refractivity contribution in [1.29, 1.82) is 0 Å². The highest BCUT2D eigenvalue weighted by Gasteiger charge is 2.39. The summed E-state index contributed by atoms with van der Waals surface area (Å²) in [6.07, 6.45) is 6.04. The van der Waals surface area contributed by atoms with Crippen LogP contribution in [0.4, 0.5) is 0 Å². The summed E-state index contributed by atoms with van der Waals surface area (Å²) in [4.78, 5) is 4.63. The number of para-hydroxylation sites is 1. The Morgan fingerprint density at radius 3 is 2.80 bits per heavy atom. The zero-order valence-electron chi connectivity index (χ0n) is 12.7. The van der Waals surface area contributed by atoms with Crippen molar-refractivity contribution in [2.45, 2.75) is 39.2 Å². The van der Waals surface area contributed by atoms with E-state index >= 15 is 0 Å². The van der Waals surface area contributed by atoms with Crippen molar-refractivity contribution in [3.05, 3.63) is 42.1 Å². The molecule has 106 valence electrons. The van der Waals surface area contributed by atoms with Crippen LogP contribution in [0.15, 0.2) is 36.5 Å². The number of hydrogen-bond acceptors (Lipinski definition) is 2. The first-order valence-electron chi connectivity index (χ1n) is 7.64. The van der Waals surface area contributed by atoms with E-state index in [0.29, 0.717) is 17.4 Å². The number of hydrogen-bond donors (Lipinski definition) is 1. The molecule has 0 spiro atoms. The van der Waals surface area contributed by atoms with E-state index in [2.05, 4.69) is 61.7 Å². The van der Waals surface area contributed by atoms with Crippen molar-refractivity contribution < 1.29 is 0 Å². The van der Waals surface area contributed by atoms with Gasteiger partial charge in [-0.3, -0.25) is 4.98 Å². The van der Waals surface area contributed by atoms with E-state index in [1.165, 1.54) is 30.2 Å². The highest BCUT2D eigenvalue weighted by Crippen LogP contribution is 2.48. The Balaban J connectivity index is 1.99. The van der Waals surface area contributed by atoms with Crippen molar-refractivity contribution in [1.82, 2.24) is 10.3 Å².